The van der Waals surface area contributed by atoms with Crippen LogP contribution in [-0.2, 0) is 14.3 Å². The van der Waals surface area contributed by atoms with Crippen LogP contribution >= 0.6 is 15.9 Å². The molecule has 1 unspecified atom stereocenters. The lowest BCUT2D eigenvalue weighted by atomic mass is 9.75. The summed E-state index contributed by atoms with van der Waals surface area (Å²) in [5.74, 6) is -0.491. The van der Waals surface area contributed by atoms with Crippen LogP contribution < -0.4 is 5.32 Å². The summed E-state index contributed by atoms with van der Waals surface area (Å²) in [4.78, 5) is 39.9. The molecule has 2 aromatic rings. The molecule has 0 bridgehead atoms. The van der Waals surface area contributed by atoms with Crippen LogP contribution in [0.25, 0.3) is 5.82 Å². The number of anilines is 1. The van der Waals surface area contributed by atoms with Gasteiger partial charge in [-0.15, -0.1) is 0 Å². The van der Waals surface area contributed by atoms with Crippen molar-refractivity contribution in [3.63, 3.8) is 0 Å². The lowest BCUT2D eigenvalue weighted by molar-refractivity contribution is -0.142. The van der Waals surface area contributed by atoms with E-state index in [4.69, 9.17) is 0 Å². The first-order valence-corrected chi connectivity index (χ1v) is 9.65. The summed E-state index contributed by atoms with van der Waals surface area (Å²) in [5.41, 5.74) is 2.28. The Morgan fingerprint density at radius 2 is 2.11 bits per heavy atom. The molecule has 0 spiro atoms. The lowest BCUT2D eigenvalue weighted by Gasteiger charge is -2.34. The summed E-state index contributed by atoms with van der Waals surface area (Å²) in [7, 11) is 1.22. The monoisotopic (exact) mass is 448 g/mol. The summed E-state index contributed by atoms with van der Waals surface area (Å²) in [6.07, 6.45) is 1.56. The number of halogens is 1. The van der Waals surface area contributed by atoms with E-state index in [1.54, 1.807) is 16.8 Å². The minimum Gasteiger partial charge on any atom is -0.469 e. The molecule has 1 aliphatic rings. The van der Waals surface area contributed by atoms with Crippen LogP contribution in [-0.4, -0.2) is 39.5 Å². The molecule has 0 aromatic carbocycles. The van der Waals surface area contributed by atoms with Crippen molar-refractivity contribution in [1.82, 2.24) is 14.8 Å². The van der Waals surface area contributed by atoms with E-state index in [2.05, 4.69) is 36.1 Å². The maximum Gasteiger partial charge on any atom is 0.315 e. The zero-order chi connectivity index (χ0) is 20.6. The number of nitrogens with zero attached hydrogens (tertiary/aromatic N) is 3. The predicted molar refractivity (Wildman–Crippen MR) is 106 cm³/mol. The highest BCUT2D eigenvalue weighted by molar-refractivity contribution is 9.09. The molecule has 0 saturated carbocycles. The number of aryl methyl sites for hydroxylation is 1. The van der Waals surface area contributed by atoms with E-state index in [-0.39, 0.29) is 22.4 Å². The Balaban J connectivity index is 1.90. The van der Waals surface area contributed by atoms with Gasteiger partial charge in [-0.1, -0.05) is 29.8 Å². The van der Waals surface area contributed by atoms with Crippen LogP contribution in [0.2, 0.25) is 0 Å². The number of alkyl halides is 1. The zero-order valence-corrected chi connectivity index (χ0v) is 17.7. The SMILES string of the molecule is COC(=O)CC(=O)Nc1ccc(-n2nc(C)c3c2C(Br)C(C)(C)CC3=O)nc1. The molecule has 0 aliphatic heterocycles. The standard InChI is InChI=1S/C19H21BrN4O4/c1-10-16-12(25)8-19(2,3)18(20)17(16)24(23-10)13-6-5-11(9-21-13)22-14(26)7-15(27)28-4/h5-6,9,18H,7-8H2,1-4H3,(H,22,26). The fourth-order valence-corrected chi connectivity index (χ4v) is 3.84. The molecule has 28 heavy (non-hydrogen) atoms. The van der Waals surface area contributed by atoms with Gasteiger partial charge in [-0.25, -0.2) is 9.67 Å². The molecular weight excluding hydrogens is 428 g/mol. The van der Waals surface area contributed by atoms with Crippen LogP contribution in [0.3, 0.4) is 0 Å². The van der Waals surface area contributed by atoms with Gasteiger partial charge < -0.3 is 10.1 Å². The van der Waals surface area contributed by atoms with Crippen LogP contribution in [0.1, 0.15) is 53.3 Å². The van der Waals surface area contributed by atoms with E-state index in [0.717, 1.165) is 5.69 Å². The minimum atomic E-state index is -0.614. The second kappa shape index (κ2) is 7.46. The van der Waals surface area contributed by atoms with Gasteiger partial charge in [0, 0.05) is 6.42 Å². The Hall–Kier alpha value is -2.55. The van der Waals surface area contributed by atoms with Gasteiger partial charge in [-0.3, -0.25) is 14.4 Å². The van der Waals surface area contributed by atoms with E-state index < -0.39 is 11.9 Å². The molecule has 2 aromatic heterocycles. The van der Waals surface area contributed by atoms with Gasteiger partial charge in [0.1, 0.15) is 6.42 Å². The number of amides is 1. The fraction of sp³-hybridized carbons (Fsp3) is 0.421. The third-order valence-electron chi connectivity index (χ3n) is 4.70. The number of hydrogen-bond acceptors (Lipinski definition) is 6. The first-order valence-electron chi connectivity index (χ1n) is 8.74. The molecule has 8 nitrogen and oxygen atoms in total. The van der Waals surface area contributed by atoms with Gasteiger partial charge in [0.25, 0.3) is 0 Å². The van der Waals surface area contributed by atoms with Crippen molar-refractivity contribution in [2.75, 3.05) is 12.4 Å². The molecule has 1 atom stereocenters. The molecule has 3 rings (SSSR count). The Kier molecular flexibility index (Phi) is 5.38. The number of Topliss-reactive ketones (excluding diaryl/α,β-unsaturated/α-hetero) is 1. The van der Waals surface area contributed by atoms with E-state index in [1.165, 1.54) is 13.3 Å². The molecule has 148 valence electrons. The molecule has 0 saturated heterocycles. The fourth-order valence-electron chi connectivity index (χ4n) is 3.25. The lowest BCUT2D eigenvalue weighted by Crippen LogP contribution is -2.30. The second-order valence-corrected chi connectivity index (χ2v) is 8.33. The van der Waals surface area contributed by atoms with E-state index in [9.17, 15) is 14.4 Å². The number of carbonyl (C=O) groups excluding carboxylic acids is 3. The summed E-state index contributed by atoms with van der Waals surface area (Å²) >= 11 is 3.73. The van der Waals surface area contributed by atoms with Crippen molar-refractivity contribution >= 4 is 39.3 Å². The molecule has 2 heterocycles. The van der Waals surface area contributed by atoms with Gasteiger partial charge in [-0.2, -0.15) is 5.10 Å². The van der Waals surface area contributed by atoms with Crippen molar-refractivity contribution in [3.05, 3.63) is 35.3 Å². The van der Waals surface area contributed by atoms with Gasteiger partial charge in [0.05, 0.1) is 40.8 Å². The molecule has 0 radical (unpaired) electrons. The summed E-state index contributed by atoms with van der Waals surface area (Å²) in [5, 5.41) is 7.11. The van der Waals surface area contributed by atoms with E-state index in [0.29, 0.717) is 29.2 Å². The minimum absolute atomic E-state index is 0.0601. The Morgan fingerprint density at radius 1 is 1.39 bits per heavy atom. The molecule has 9 heteroatoms. The van der Waals surface area contributed by atoms with Crippen molar-refractivity contribution in [2.24, 2.45) is 5.41 Å². The number of nitrogens with one attached hydrogen (secondary N) is 1. The van der Waals surface area contributed by atoms with Crippen LogP contribution in [0.15, 0.2) is 18.3 Å². The first kappa shape index (κ1) is 20.2. The highest BCUT2D eigenvalue weighted by atomic mass is 79.9. The van der Waals surface area contributed by atoms with E-state index in [1.807, 2.05) is 20.8 Å². The smallest absolute Gasteiger partial charge is 0.315 e. The highest BCUT2D eigenvalue weighted by Crippen LogP contribution is 2.49. The quantitative estimate of drug-likeness (QED) is 0.437. The summed E-state index contributed by atoms with van der Waals surface area (Å²) < 4.78 is 6.14. The molecule has 0 fully saturated rings. The van der Waals surface area contributed by atoms with Gasteiger partial charge in [0.2, 0.25) is 5.91 Å². The largest absolute Gasteiger partial charge is 0.469 e. The van der Waals surface area contributed by atoms with Crippen molar-refractivity contribution in [2.45, 2.75) is 38.4 Å². The number of ketones is 1. The predicted octanol–water partition coefficient (Wildman–Crippen LogP) is 3.13. The third-order valence-corrected chi connectivity index (χ3v) is 6.37. The van der Waals surface area contributed by atoms with Gasteiger partial charge in [-0.05, 0) is 24.5 Å². The average molecular weight is 449 g/mol. The van der Waals surface area contributed by atoms with Crippen molar-refractivity contribution in [3.8, 4) is 5.82 Å². The number of hydrogen-bond donors (Lipinski definition) is 1. The number of ether oxygens (including phenoxy) is 1. The Labute approximate surface area is 170 Å². The number of pyridine rings is 1. The van der Waals surface area contributed by atoms with Crippen LogP contribution in [0, 0.1) is 12.3 Å². The topological polar surface area (TPSA) is 103 Å². The number of rotatable bonds is 4. The molecule has 1 aliphatic carbocycles. The number of fused-ring (bicyclic) bond motifs is 1. The van der Waals surface area contributed by atoms with E-state index >= 15 is 0 Å². The van der Waals surface area contributed by atoms with Gasteiger partial charge >= 0.3 is 5.97 Å². The van der Waals surface area contributed by atoms with Gasteiger partial charge in [0.15, 0.2) is 11.6 Å². The normalized spacial score (nSPS) is 17.8. The average Bonchev–Trinajstić information content (AvgIpc) is 2.97. The molecule has 1 N–H and O–H groups in total. The summed E-state index contributed by atoms with van der Waals surface area (Å²) in [6.45, 7) is 5.88. The number of methoxy groups -OCH3 is 1. The number of carbonyl (C=O) groups is 3. The first-order chi connectivity index (χ1) is 13.1. The molecular formula is C19H21BrN4O4. The maximum atomic E-state index is 12.6. The van der Waals surface area contributed by atoms with Crippen molar-refractivity contribution < 1.29 is 19.1 Å². The molecule has 1 amide bonds. The Morgan fingerprint density at radius 3 is 2.71 bits per heavy atom. The third kappa shape index (κ3) is 3.71. The van der Waals surface area contributed by atoms with Crippen LogP contribution in [0.5, 0.6) is 0 Å². The Bertz CT molecular complexity index is 950. The maximum absolute atomic E-state index is 12.6. The number of aromatic nitrogens is 3. The van der Waals surface area contributed by atoms with Crippen molar-refractivity contribution in [1.29, 1.82) is 0 Å². The highest BCUT2D eigenvalue weighted by Gasteiger charge is 2.42. The second-order valence-electron chi connectivity index (χ2n) is 7.41. The summed E-state index contributed by atoms with van der Waals surface area (Å²) in [6, 6.07) is 3.37. The zero-order valence-electron chi connectivity index (χ0n) is 16.1. The number of esters is 1. The van der Waals surface area contributed by atoms with Crippen LogP contribution in [0.4, 0.5) is 5.69 Å².